The van der Waals surface area contributed by atoms with Gasteiger partial charge in [0.1, 0.15) is 0 Å². The van der Waals surface area contributed by atoms with Crippen molar-refractivity contribution >= 4 is 32.6 Å². The first kappa shape index (κ1) is 21.7. The van der Waals surface area contributed by atoms with Crippen molar-refractivity contribution in [2.24, 2.45) is 0 Å². The van der Waals surface area contributed by atoms with E-state index in [0.717, 1.165) is 11.0 Å². The van der Waals surface area contributed by atoms with Gasteiger partial charge in [-0.3, -0.25) is 0 Å². The smallest absolute Gasteiger partial charge is 0.0791 e. The molecule has 10 rings (SSSR count). The van der Waals surface area contributed by atoms with Crippen molar-refractivity contribution in [3.05, 3.63) is 107 Å². The van der Waals surface area contributed by atoms with Crippen molar-refractivity contribution in [1.82, 2.24) is 9.97 Å². The molecule has 0 radical (unpaired) electrons. The Morgan fingerprint density at radius 2 is 0.775 bits per heavy atom. The van der Waals surface area contributed by atoms with Crippen LogP contribution >= 0.6 is 0 Å². The second-order valence-corrected chi connectivity index (χ2v) is 12.7. The molecule has 2 heterocycles. The molecule has 4 aliphatic carbocycles. The van der Waals surface area contributed by atoms with Gasteiger partial charge in [-0.05, 0) is 84.5 Å². The Kier molecular flexibility index (Phi) is 4.23. The third-order valence-corrected chi connectivity index (χ3v) is 10.9. The van der Waals surface area contributed by atoms with E-state index in [1.807, 2.05) is 0 Å². The zero-order valence-electron chi connectivity index (χ0n) is 22.5. The Morgan fingerprint density at radius 1 is 0.400 bits per heavy atom. The largest absolute Gasteiger partial charge is 0.247 e. The lowest BCUT2D eigenvalue weighted by Crippen LogP contribution is -2.06. The van der Waals surface area contributed by atoms with Crippen LogP contribution in [0.15, 0.2) is 84.9 Å². The van der Waals surface area contributed by atoms with Gasteiger partial charge in [0.2, 0.25) is 0 Å². The molecule has 0 spiro atoms. The van der Waals surface area contributed by atoms with E-state index in [2.05, 4.69) is 84.9 Å². The van der Waals surface area contributed by atoms with Crippen LogP contribution in [0.25, 0.3) is 55.1 Å². The Bertz CT molecular complexity index is 1880. The Balaban J connectivity index is 1.32. The van der Waals surface area contributed by atoms with Crippen molar-refractivity contribution in [1.29, 1.82) is 0 Å². The highest BCUT2D eigenvalue weighted by atomic mass is 14.7. The lowest BCUT2D eigenvalue weighted by atomic mass is 9.84. The molecule has 2 aromatic heterocycles. The summed E-state index contributed by atoms with van der Waals surface area (Å²) in [5, 5.41) is 5.25. The minimum atomic E-state index is 0.660. The average Bonchev–Trinajstić information content (AvgIpc) is 3.83. The maximum absolute atomic E-state index is 5.53. The molecule has 2 fully saturated rings. The summed E-state index contributed by atoms with van der Waals surface area (Å²) in [6.45, 7) is 0. The minimum absolute atomic E-state index is 0.660. The second-order valence-electron chi connectivity index (χ2n) is 12.7. The maximum atomic E-state index is 5.53. The third kappa shape index (κ3) is 2.74. The van der Waals surface area contributed by atoms with Crippen molar-refractivity contribution < 1.29 is 0 Å². The van der Waals surface area contributed by atoms with Gasteiger partial charge in [0.05, 0.1) is 22.4 Å². The molecule has 0 N–H and O–H groups in total. The van der Waals surface area contributed by atoms with Crippen LogP contribution in [0.3, 0.4) is 0 Å². The van der Waals surface area contributed by atoms with Gasteiger partial charge in [-0.15, -0.1) is 0 Å². The molecule has 0 aliphatic heterocycles. The quantitative estimate of drug-likeness (QED) is 0.215. The molecule has 2 heteroatoms. The predicted molar refractivity (Wildman–Crippen MR) is 164 cm³/mol. The van der Waals surface area contributed by atoms with Crippen LogP contribution < -0.4 is 0 Å². The van der Waals surface area contributed by atoms with Crippen LogP contribution in [0.1, 0.15) is 84.5 Å². The summed E-state index contributed by atoms with van der Waals surface area (Å²) in [4.78, 5) is 11.1. The Morgan fingerprint density at radius 3 is 1.20 bits per heavy atom. The van der Waals surface area contributed by atoms with Crippen molar-refractivity contribution in [3.63, 3.8) is 0 Å². The molecule has 4 unspecified atom stereocenters. The van der Waals surface area contributed by atoms with E-state index in [1.165, 1.54) is 93.7 Å². The Hall–Kier alpha value is -4.04. The summed E-state index contributed by atoms with van der Waals surface area (Å²) < 4.78 is 0. The summed E-state index contributed by atoms with van der Waals surface area (Å²) in [5.74, 6) is 2.67. The van der Waals surface area contributed by atoms with Gasteiger partial charge < -0.3 is 0 Å². The minimum Gasteiger partial charge on any atom is -0.247 e. The zero-order chi connectivity index (χ0) is 25.9. The topological polar surface area (TPSA) is 25.8 Å². The molecule has 4 bridgehead atoms. The molecule has 2 nitrogen and oxygen atoms in total. The van der Waals surface area contributed by atoms with Crippen molar-refractivity contribution in [3.8, 4) is 22.5 Å². The summed E-state index contributed by atoms with van der Waals surface area (Å²) in [6.07, 6.45) is 7.84. The van der Waals surface area contributed by atoms with Gasteiger partial charge in [-0.2, -0.15) is 0 Å². The third-order valence-electron chi connectivity index (χ3n) is 10.9. The first-order chi connectivity index (χ1) is 19.8. The number of hydrogen-bond donors (Lipinski definition) is 0. The average molecular weight is 515 g/mol. The normalized spacial score (nSPS) is 23.9. The van der Waals surface area contributed by atoms with E-state index in [0.29, 0.717) is 23.7 Å². The first-order valence-electron chi connectivity index (χ1n) is 15.2. The number of fused-ring (bicyclic) bond motifs is 17. The van der Waals surface area contributed by atoms with E-state index in [9.17, 15) is 0 Å². The van der Waals surface area contributed by atoms with Crippen LogP contribution in [0.4, 0.5) is 0 Å². The number of nitrogens with zero attached hydrogens (tertiary/aromatic N) is 2. The van der Waals surface area contributed by atoms with Gasteiger partial charge in [-0.1, -0.05) is 84.9 Å². The van der Waals surface area contributed by atoms with Crippen molar-refractivity contribution in [2.45, 2.75) is 62.2 Å². The van der Waals surface area contributed by atoms with Crippen LogP contribution in [-0.2, 0) is 0 Å². The fourth-order valence-electron chi connectivity index (χ4n) is 9.29. The van der Waals surface area contributed by atoms with E-state index in [1.54, 1.807) is 11.1 Å². The molecule has 4 atom stereocenters. The van der Waals surface area contributed by atoms with Gasteiger partial charge in [0.25, 0.3) is 0 Å². The van der Waals surface area contributed by atoms with Crippen LogP contribution in [0.2, 0.25) is 0 Å². The molecule has 2 saturated carbocycles. The summed E-state index contributed by atoms with van der Waals surface area (Å²) in [5.41, 5.74) is 13.5. The number of aromatic nitrogens is 2. The lowest BCUT2D eigenvalue weighted by Gasteiger charge is -2.23. The summed E-state index contributed by atoms with van der Waals surface area (Å²) in [7, 11) is 0. The standard InChI is InChI=1S/C38H30N2/c1-3-7-21(8-4-1)35-33-25-13-11-23(19-25)31(33)29-17-16-28-27(37(29)39-35)15-18-30-32-24-12-14-26(20-24)34(32)36(40-38(28)30)22-9-5-2-6-10-22/h1-10,15-18,23-26H,11-14,19-20H2. The number of pyridine rings is 2. The highest BCUT2D eigenvalue weighted by Crippen LogP contribution is 2.59. The molecule has 4 aliphatic rings. The highest BCUT2D eigenvalue weighted by Gasteiger charge is 2.42. The fourth-order valence-corrected chi connectivity index (χ4v) is 9.29. The number of hydrogen-bond acceptors (Lipinski definition) is 2. The molecule has 4 aromatic carbocycles. The molecular formula is C38H30N2. The first-order valence-corrected chi connectivity index (χ1v) is 15.2. The predicted octanol–water partition coefficient (Wildman–Crippen LogP) is 10.00. The van der Waals surface area contributed by atoms with Gasteiger partial charge in [0, 0.05) is 32.7 Å². The van der Waals surface area contributed by atoms with Gasteiger partial charge >= 0.3 is 0 Å². The van der Waals surface area contributed by atoms with Gasteiger partial charge in [-0.25, -0.2) is 9.97 Å². The SMILES string of the molecule is c1ccc(-c2nc3c(ccc4c3ccc3c5c(c(-c6ccccc6)nc34)C3CCC5C3)c3c2C2CCC3C2)cc1. The summed E-state index contributed by atoms with van der Waals surface area (Å²) >= 11 is 0. The van der Waals surface area contributed by atoms with Crippen molar-refractivity contribution in [2.75, 3.05) is 0 Å². The highest BCUT2D eigenvalue weighted by molar-refractivity contribution is 6.17. The molecular weight excluding hydrogens is 484 g/mol. The number of benzene rings is 4. The van der Waals surface area contributed by atoms with Crippen LogP contribution in [0, 0.1) is 0 Å². The Labute approximate surface area is 234 Å². The molecule has 0 saturated heterocycles. The van der Waals surface area contributed by atoms with Crippen LogP contribution in [0.5, 0.6) is 0 Å². The lowest BCUT2D eigenvalue weighted by molar-refractivity contribution is 0.720. The fraction of sp³-hybridized carbons (Fsp3) is 0.263. The van der Waals surface area contributed by atoms with E-state index >= 15 is 0 Å². The zero-order valence-corrected chi connectivity index (χ0v) is 22.5. The van der Waals surface area contributed by atoms with E-state index < -0.39 is 0 Å². The summed E-state index contributed by atoms with van der Waals surface area (Å²) in [6, 6.07) is 31.3. The second kappa shape index (κ2) is 7.79. The van der Waals surface area contributed by atoms with Gasteiger partial charge in [0.15, 0.2) is 0 Å². The molecule has 40 heavy (non-hydrogen) atoms. The van der Waals surface area contributed by atoms with Crippen LogP contribution in [-0.4, -0.2) is 9.97 Å². The number of rotatable bonds is 2. The van der Waals surface area contributed by atoms with E-state index in [-0.39, 0.29) is 0 Å². The van der Waals surface area contributed by atoms with E-state index in [4.69, 9.17) is 9.97 Å². The molecule has 192 valence electrons. The maximum Gasteiger partial charge on any atom is 0.0791 e. The molecule has 0 amide bonds. The molecule has 6 aromatic rings. The monoisotopic (exact) mass is 514 g/mol.